The zero-order valence-electron chi connectivity index (χ0n) is 10.5. The van der Waals surface area contributed by atoms with Gasteiger partial charge < -0.3 is 10.0 Å². The Morgan fingerprint density at radius 1 is 1.47 bits per heavy atom. The monoisotopic (exact) mass is 266 g/mol. The van der Waals surface area contributed by atoms with Crippen molar-refractivity contribution in [3.05, 3.63) is 29.8 Å². The van der Waals surface area contributed by atoms with E-state index >= 15 is 0 Å². The summed E-state index contributed by atoms with van der Waals surface area (Å²) >= 11 is 0. The third kappa shape index (κ3) is 2.72. The Labute approximate surface area is 110 Å². The molecule has 2 heterocycles. The van der Waals surface area contributed by atoms with E-state index < -0.39 is 23.7 Å². The summed E-state index contributed by atoms with van der Waals surface area (Å²) < 4.78 is 12.8. The van der Waals surface area contributed by atoms with E-state index in [0.29, 0.717) is 6.54 Å². The fraction of sp³-hybridized carbons (Fsp3) is 0.462. The highest BCUT2D eigenvalue weighted by Crippen LogP contribution is 2.24. The van der Waals surface area contributed by atoms with Gasteiger partial charge in [0.2, 0.25) is 0 Å². The standard InChI is InChI=1S/C13H15FN2O3/c1-8-3-2-6-16(11(8)13(18)19)12(17)10-5-4-9(14)7-15-10/h4-5,7-8,11H,2-3,6H2,1H3,(H,18,19). The third-order valence-electron chi connectivity index (χ3n) is 3.39. The second-order valence-electron chi connectivity index (χ2n) is 4.76. The molecule has 0 radical (unpaired) electrons. The predicted molar refractivity (Wildman–Crippen MR) is 65.1 cm³/mol. The summed E-state index contributed by atoms with van der Waals surface area (Å²) in [6, 6.07) is 1.58. The zero-order valence-corrected chi connectivity index (χ0v) is 10.5. The lowest BCUT2D eigenvalue weighted by molar-refractivity contribution is -0.145. The molecule has 1 N–H and O–H groups in total. The van der Waals surface area contributed by atoms with Crippen molar-refractivity contribution in [3.8, 4) is 0 Å². The average Bonchev–Trinajstić information content (AvgIpc) is 2.38. The van der Waals surface area contributed by atoms with E-state index in [1.54, 1.807) is 0 Å². The van der Waals surface area contributed by atoms with Gasteiger partial charge in [0.15, 0.2) is 0 Å². The highest BCUT2D eigenvalue weighted by Gasteiger charge is 2.37. The number of carbonyl (C=O) groups excluding carboxylic acids is 1. The number of rotatable bonds is 2. The van der Waals surface area contributed by atoms with E-state index in [2.05, 4.69) is 4.98 Å². The van der Waals surface area contributed by atoms with Crippen molar-refractivity contribution in [1.82, 2.24) is 9.88 Å². The number of hydrogen-bond donors (Lipinski definition) is 1. The summed E-state index contributed by atoms with van der Waals surface area (Å²) in [6.07, 6.45) is 2.49. The quantitative estimate of drug-likeness (QED) is 0.881. The van der Waals surface area contributed by atoms with Gasteiger partial charge in [-0.2, -0.15) is 0 Å². The molecule has 2 rings (SSSR count). The first-order valence-corrected chi connectivity index (χ1v) is 6.16. The van der Waals surface area contributed by atoms with Gasteiger partial charge in [-0.25, -0.2) is 14.2 Å². The zero-order chi connectivity index (χ0) is 14.0. The van der Waals surface area contributed by atoms with E-state index in [9.17, 15) is 19.1 Å². The van der Waals surface area contributed by atoms with Crippen LogP contribution >= 0.6 is 0 Å². The van der Waals surface area contributed by atoms with E-state index in [-0.39, 0.29) is 11.6 Å². The third-order valence-corrected chi connectivity index (χ3v) is 3.39. The van der Waals surface area contributed by atoms with Gasteiger partial charge in [-0.3, -0.25) is 4.79 Å². The molecule has 1 aromatic heterocycles. The van der Waals surface area contributed by atoms with Crippen LogP contribution in [0.15, 0.2) is 18.3 Å². The minimum absolute atomic E-state index is 0.0711. The van der Waals surface area contributed by atoms with Crippen molar-refractivity contribution in [2.24, 2.45) is 5.92 Å². The molecule has 102 valence electrons. The Hall–Kier alpha value is -1.98. The molecule has 2 unspecified atom stereocenters. The maximum Gasteiger partial charge on any atom is 0.326 e. The van der Waals surface area contributed by atoms with Crippen LogP contribution in [-0.4, -0.2) is 39.5 Å². The van der Waals surface area contributed by atoms with Crippen LogP contribution in [-0.2, 0) is 4.79 Å². The first-order valence-electron chi connectivity index (χ1n) is 6.16. The molecule has 1 aliphatic heterocycles. The van der Waals surface area contributed by atoms with Crippen LogP contribution in [0.3, 0.4) is 0 Å². The number of pyridine rings is 1. The molecule has 1 saturated heterocycles. The number of hydrogen-bond acceptors (Lipinski definition) is 3. The number of aliphatic carboxylic acids is 1. The molecule has 0 spiro atoms. The van der Waals surface area contributed by atoms with Crippen molar-refractivity contribution >= 4 is 11.9 Å². The van der Waals surface area contributed by atoms with Gasteiger partial charge in [-0.1, -0.05) is 6.92 Å². The minimum atomic E-state index is -1.01. The smallest absolute Gasteiger partial charge is 0.326 e. The van der Waals surface area contributed by atoms with Crippen molar-refractivity contribution in [1.29, 1.82) is 0 Å². The summed E-state index contributed by atoms with van der Waals surface area (Å²) in [4.78, 5) is 28.6. The molecular formula is C13H15FN2O3. The largest absolute Gasteiger partial charge is 0.480 e. The lowest BCUT2D eigenvalue weighted by atomic mass is 9.90. The van der Waals surface area contributed by atoms with Crippen LogP contribution in [0, 0.1) is 11.7 Å². The number of halogens is 1. The number of nitrogens with zero attached hydrogens (tertiary/aromatic N) is 2. The molecule has 1 aromatic rings. The first-order chi connectivity index (χ1) is 9.00. The van der Waals surface area contributed by atoms with Crippen molar-refractivity contribution in [2.75, 3.05) is 6.54 Å². The normalized spacial score (nSPS) is 23.2. The summed E-state index contributed by atoms with van der Waals surface area (Å²) in [5, 5.41) is 9.24. The summed E-state index contributed by atoms with van der Waals surface area (Å²) in [6.45, 7) is 2.20. The topological polar surface area (TPSA) is 70.5 Å². The van der Waals surface area contributed by atoms with Crippen molar-refractivity contribution in [3.63, 3.8) is 0 Å². The van der Waals surface area contributed by atoms with E-state index in [0.717, 1.165) is 25.1 Å². The second-order valence-corrected chi connectivity index (χ2v) is 4.76. The number of carboxylic acids is 1. The minimum Gasteiger partial charge on any atom is -0.480 e. The second kappa shape index (κ2) is 5.34. The SMILES string of the molecule is CC1CCCN(C(=O)c2ccc(F)cn2)C1C(=O)O. The van der Waals surface area contributed by atoms with Gasteiger partial charge in [-0.15, -0.1) is 0 Å². The highest BCUT2D eigenvalue weighted by atomic mass is 19.1. The van der Waals surface area contributed by atoms with Gasteiger partial charge in [0.05, 0.1) is 6.20 Å². The molecule has 2 atom stereocenters. The van der Waals surface area contributed by atoms with Crippen LogP contribution in [0.5, 0.6) is 0 Å². The fourth-order valence-electron chi connectivity index (χ4n) is 2.44. The number of carboxylic acid groups (broad SMARTS) is 1. The number of amides is 1. The summed E-state index contributed by atoms with van der Waals surface area (Å²) in [5.74, 6) is -2.10. The Morgan fingerprint density at radius 3 is 2.79 bits per heavy atom. The Balaban J connectivity index is 2.25. The molecule has 0 aromatic carbocycles. The number of aromatic nitrogens is 1. The van der Waals surface area contributed by atoms with E-state index in [1.807, 2.05) is 6.92 Å². The van der Waals surface area contributed by atoms with Gasteiger partial charge in [0.1, 0.15) is 17.6 Å². The molecule has 6 heteroatoms. The fourth-order valence-corrected chi connectivity index (χ4v) is 2.44. The van der Waals surface area contributed by atoms with Crippen LogP contribution in [0.1, 0.15) is 30.3 Å². The Morgan fingerprint density at radius 2 is 2.21 bits per heavy atom. The molecule has 19 heavy (non-hydrogen) atoms. The molecule has 0 saturated carbocycles. The maximum atomic E-state index is 12.8. The number of piperidine rings is 1. The molecule has 1 amide bonds. The molecule has 1 aliphatic rings. The summed E-state index contributed by atoms with van der Waals surface area (Å²) in [5.41, 5.74) is 0.0711. The number of carbonyl (C=O) groups is 2. The van der Waals surface area contributed by atoms with Gasteiger partial charge in [0, 0.05) is 6.54 Å². The molecule has 5 nitrogen and oxygen atoms in total. The molecule has 1 fully saturated rings. The summed E-state index contributed by atoms with van der Waals surface area (Å²) in [7, 11) is 0. The van der Waals surface area contributed by atoms with E-state index in [4.69, 9.17) is 0 Å². The van der Waals surface area contributed by atoms with Crippen LogP contribution in [0.25, 0.3) is 0 Å². The van der Waals surface area contributed by atoms with Crippen LogP contribution < -0.4 is 0 Å². The van der Waals surface area contributed by atoms with E-state index in [1.165, 1.54) is 11.0 Å². The Bertz CT molecular complexity index is 489. The lowest BCUT2D eigenvalue weighted by Crippen LogP contribution is -2.52. The van der Waals surface area contributed by atoms with Crippen LogP contribution in [0.4, 0.5) is 4.39 Å². The first kappa shape index (κ1) is 13.5. The van der Waals surface area contributed by atoms with Gasteiger partial charge in [-0.05, 0) is 30.9 Å². The van der Waals surface area contributed by atoms with Crippen LogP contribution in [0.2, 0.25) is 0 Å². The van der Waals surface area contributed by atoms with Gasteiger partial charge >= 0.3 is 5.97 Å². The average molecular weight is 266 g/mol. The molecule has 0 bridgehead atoms. The van der Waals surface area contributed by atoms with Gasteiger partial charge in [0.25, 0.3) is 5.91 Å². The number of likely N-dealkylation sites (tertiary alicyclic amines) is 1. The maximum absolute atomic E-state index is 12.8. The molecular weight excluding hydrogens is 251 g/mol. The molecule has 0 aliphatic carbocycles. The Kier molecular flexibility index (Phi) is 3.78. The lowest BCUT2D eigenvalue weighted by Gasteiger charge is -2.37. The predicted octanol–water partition coefficient (Wildman–Crippen LogP) is 1.55. The van der Waals surface area contributed by atoms with Crippen molar-refractivity contribution < 1.29 is 19.1 Å². The highest BCUT2D eigenvalue weighted by molar-refractivity contribution is 5.95. The van der Waals surface area contributed by atoms with Crippen molar-refractivity contribution in [2.45, 2.75) is 25.8 Å².